The largest absolute Gasteiger partial charge is 0.325 e. The first-order valence-electron chi connectivity index (χ1n) is 7.74. The van der Waals surface area contributed by atoms with Crippen molar-refractivity contribution in [1.29, 1.82) is 0 Å². The van der Waals surface area contributed by atoms with E-state index in [9.17, 15) is 4.79 Å². The van der Waals surface area contributed by atoms with E-state index in [0.29, 0.717) is 12.5 Å². The molecule has 2 rings (SSSR count). The number of piperazine rings is 1. The number of amides is 1. The fourth-order valence-corrected chi connectivity index (χ4v) is 2.64. The molecule has 116 valence electrons. The molecule has 0 aliphatic carbocycles. The van der Waals surface area contributed by atoms with Crippen molar-refractivity contribution in [2.45, 2.75) is 39.2 Å². The van der Waals surface area contributed by atoms with Crippen molar-refractivity contribution in [3.63, 3.8) is 0 Å². The minimum Gasteiger partial charge on any atom is -0.325 e. The van der Waals surface area contributed by atoms with Crippen molar-refractivity contribution in [2.75, 3.05) is 31.5 Å². The number of anilines is 1. The van der Waals surface area contributed by atoms with Gasteiger partial charge in [-0.15, -0.1) is 0 Å². The molecule has 1 aromatic carbocycles. The fraction of sp³-hybridized carbons (Fsp3) is 0.588. The summed E-state index contributed by atoms with van der Waals surface area (Å²) in [5, 5.41) is 6.36. The van der Waals surface area contributed by atoms with Crippen LogP contribution >= 0.6 is 0 Å². The van der Waals surface area contributed by atoms with E-state index < -0.39 is 0 Å². The third-order valence-corrected chi connectivity index (χ3v) is 4.17. The van der Waals surface area contributed by atoms with E-state index in [0.717, 1.165) is 25.3 Å². The molecular formula is C17H27N3O. The lowest BCUT2D eigenvalue weighted by molar-refractivity contribution is -0.119. The predicted octanol–water partition coefficient (Wildman–Crippen LogP) is 2.43. The summed E-state index contributed by atoms with van der Waals surface area (Å²) >= 11 is 0. The molecule has 21 heavy (non-hydrogen) atoms. The smallest absolute Gasteiger partial charge is 0.238 e. The Bertz CT molecular complexity index is 479. The molecule has 1 fully saturated rings. The molecule has 0 unspecified atom stereocenters. The Morgan fingerprint density at radius 2 is 2.00 bits per heavy atom. The third-order valence-electron chi connectivity index (χ3n) is 4.17. The van der Waals surface area contributed by atoms with Crippen molar-refractivity contribution in [1.82, 2.24) is 10.2 Å². The summed E-state index contributed by atoms with van der Waals surface area (Å²) in [5.74, 6) is 0.568. The number of hydrogen-bond acceptors (Lipinski definition) is 3. The van der Waals surface area contributed by atoms with Gasteiger partial charge in [-0.1, -0.05) is 26.0 Å². The van der Waals surface area contributed by atoms with E-state index in [4.69, 9.17) is 0 Å². The van der Waals surface area contributed by atoms with E-state index in [-0.39, 0.29) is 11.4 Å². The molecule has 0 spiro atoms. The maximum atomic E-state index is 12.2. The first-order valence-corrected chi connectivity index (χ1v) is 7.74. The number of nitrogens with one attached hydrogen (secondary N) is 2. The lowest BCUT2D eigenvalue weighted by Gasteiger charge is -2.42. The summed E-state index contributed by atoms with van der Waals surface area (Å²) in [6, 6.07) is 8.12. The SMILES string of the molecule is CC(C)c1ccc(NC(=O)CN2CCNCC2(C)C)cc1. The minimum absolute atomic E-state index is 0.0249. The molecular weight excluding hydrogens is 262 g/mol. The highest BCUT2D eigenvalue weighted by atomic mass is 16.2. The molecule has 1 saturated heterocycles. The number of carbonyl (C=O) groups excluding carboxylic acids is 1. The van der Waals surface area contributed by atoms with Crippen LogP contribution in [0.5, 0.6) is 0 Å². The molecule has 4 nitrogen and oxygen atoms in total. The Hall–Kier alpha value is -1.39. The number of carbonyl (C=O) groups is 1. The third kappa shape index (κ3) is 4.29. The zero-order valence-corrected chi connectivity index (χ0v) is 13.6. The van der Waals surface area contributed by atoms with Gasteiger partial charge in [0.05, 0.1) is 6.54 Å². The van der Waals surface area contributed by atoms with E-state index in [1.54, 1.807) is 0 Å². The standard InChI is InChI=1S/C17H27N3O/c1-13(2)14-5-7-15(8-6-14)19-16(21)11-20-10-9-18-12-17(20,3)4/h5-8,13,18H,9-12H2,1-4H3,(H,19,21). The average molecular weight is 289 g/mol. The zero-order valence-electron chi connectivity index (χ0n) is 13.6. The molecule has 1 aliphatic rings. The van der Waals surface area contributed by atoms with Gasteiger partial charge in [0.1, 0.15) is 0 Å². The Kier molecular flexibility index (Phi) is 5.01. The first kappa shape index (κ1) is 16.0. The van der Waals surface area contributed by atoms with Crippen molar-refractivity contribution < 1.29 is 4.79 Å². The molecule has 2 N–H and O–H groups in total. The summed E-state index contributed by atoms with van der Waals surface area (Å²) in [6.07, 6.45) is 0. The van der Waals surface area contributed by atoms with Crippen LogP contribution in [0.3, 0.4) is 0 Å². The lowest BCUT2D eigenvalue weighted by Crippen LogP contribution is -2.59. The van der Waals surface area contributed by atoms with Crippen molar-refractivity contribution in [3.05, 3.63) is 29.8 Å². The Morgan fingerprint density at radius 1 is 1.33 bits per heavy atom. The summed E-state index contributed by atoms with van der Waals surface area (Å²) in [4.78, 5) is 14.5. The normalized spacial score (nSPS) is 18.7. The molecule has 0 saturated carbocycles. The van der Waals surface area contributed by atoms with Crippen LogP contribution in [-0.2, 0) is 4.79 Å². The van der Waals surface area contributed by atoms with Gasteiger partial charge in [-0.3, -0.25) is 9.69 Å². The molecule has 1 aromatic rings. The quantitative estimate of drug-likeness (QED) is 0.895. The second-order valence-corrected chi connectivity index (χ2v) is 6.74. The van der Waals surface area contributed by atoms with E-state index in [2.05, 4.69) is 55.4 Å². The van der Waals surface area contributed by atoms with Crippen LogP contribution in [0.2, 0.25) is 0 Å². The summed E-state index contributed by atoms with van der Waals surface area (Å²) in [6.45, 7) is 11.9. The Morgan fingerprint density at radius 3 is 2.57 bits per heavy atom. The van der Waals surface area contributed by atoms with Crippen LogP contribution in [0.1, 0.15) is 39.2 Å². The molecule has 0 aromatic heterocycles. The minimum atomic E-state index is 0.0249. The van der Waals surface area contributed by atoms with Gasteiger partial charge < -0.3 is 10.6 Å². The van der Waals surface area contributed by atoms with E-state index in [1.165, 1.54) is 5.56 Å². The monoisotopic (exact) mass is 289 g/mol. The number of nitrogens with zero attached hydrogens (tertiary/aromatic N) is 1. The summed E-state index contributed by atoms with van der Waals surface area (Å²) in [5.41, 5.74) is 2.19. The van der Waals surface area contributed by atoms with Crippen molar-refractivity contribution >= 4 is 11.6 Å². The predicted molar refractivity (Wildman–Crippen MR) is 87.7 cm³/mol. The van der Waals surface area contributed by atoms with E-state index >= 15 is 0 Å². The maximum absolute atomic E-state index is 12.2. The lowest BCUT2D eigenvalue weighted by atomic mass is 10.0. The number of rotatable bonds is 4. The fourth-order valence-electron chi connectivity index (χ4n) is 2.64. The van der Waals surface area contributed by atoms with Gasteiger partial charge in [-0.2, -0.15) is 0 Å². The second-order valence-electron chi connectivity index (χ2n) is 6.74. The molecule has 1 heterocycles. The number of benzene rings is 1. The maximum Gasteiger partial charge on any atom is 0.238 e. The van der Waals surface area contributed by atoms with Gasteiger partial charge in [0, 0.05) is 30.9 Å². The summed E-state index contributed by atoms with van der Waals surface area (Å²) in [7, 11) is 0. The average Bonchev–Trinajstić information content (AvgIpc) is 2.41. The van der Waals surface area contributed by atoms with Gasteiger partial charge >= 0.3 is 0 Å². The van der Waals surface area contributed by atoms with E-state index in [1.807, 2.05) is 12.1 Å². The van der Waals surface area contributed by atoms with Gasteiger partial charge in [0.15, 0.2) is 0 Å². The highest BCUT2D eigenvalue weighted by molar-refractivity contribution is 5.92. The molecule has 0 radical (unpaired) electrons. The van der Waals surface area contributed by atoms with Crippen LogP contribution in [-0.4, -0.2) is 42.5 Å². The highest BCUT2D eigenvalue weighted by Crippen LogP contribution is 2.18. The topological polar surface area (TPSA) is 44.4 Å². The second kappa shape index (κ2) is 6.58. The Balaban J connectivity index is 1.92. The van der Waals surface area contributed by atoms with Crippen LogP contribution in [0.15, 0.2) is 24.3 Å². The molecule has 4 heteroatoms. The molecule has 1 amide bonds. The molecule has 0 atom stereocenters. The van der Waals surface area contributed by atoms with Gasteiger partial charge in [0.25, 0.3) is 0 Å². The van der Waals surface area contributed by atoms with Crippen molar-refractivity contribution in [3.8, 4) is 0 Å². The van der Waals surface area contributed by atoms with Crippen LogP contribution < -0.4 is 10.6 Å². The van der Waals surface area contributed by atoms with Crippen LogP contribution in [0.4, 0.5) is 5.69 Å². The molecule has 0 bridgehead atoms. The Labute approximate surface area is 127 Å². The highest BCUT2D eigenvalue weighted by Gasteiger charge is 2.30. The van der Waals surface area contributed by atoms with Crippen LogP contribution in [0.25, 0.3) is 0 Å². The van der Waals surface area contributed by atoms with Gasteiger partial charge in [0.2, 0.25) is 5.91 Å². The number of hydrogen-bond donors (Lipinski definition) is 2. The van der Waals surface area contributed by atoms with Crippen molar-refractivity contribution in [2.24, 2.45) is 0 Å². The molecule has 1 aliphatic heterocycles. The zero-order chi connectivity index (χ0) is 15.5. The summed E-state index contributed by atoms with van der Waals surface area (Å²) < 4.78 is 0. The van der Waals surface area contributed by atoms with Gasteiger partial charge in [-0.05, 0) is 37.5 Å². The van der Waals surface area contributed by atoms with Crippen LogP contribution in [0, 0.1) is 0 Å². The van der Waals surface area contributed by atoms with Gasteiger partial charge in [-0.25, -0.2) is 0 Å². The first-order chi connectivity index (χ1) is 9.88.